The number of hydrogen-bond acceptors (Lipinski definition) is 4. The fourth-order valence-corrected chi connectivity index (χ4v) is 4.24. The Kier molecular flexibility index (Phi) is 4.90. The molecular weight excluding hydrogens is 346 g/mol. The van der Waals surface area contributed by atoms with Gasteiger partial charge in [0.05, 0.1) is 11.7 Å². The van der Waals surface area contributed by atoms with Crippen molar-refractivity contribution in [3.8, 4) is 0 Å². The molecule has 0 saturated heterocycles. The maximum atomic E-state index is 12.3. The van der Waals surface area contributed by atoms with Gasteiger partial charge in [0.25, 0.3) is 5.91 Å². The van der Waals surface area contributed by atoms with E-state index in [0.717, 1.165) is 26.1 Å². The van der Waals surface area contributed by atoms with Gasteiger partial charge in [-0.05, 0) is 47.0 Å². The lowest BCUT2D eigenvalue weighted by Crippen LogP contribution is -2.39. The number of hydrogen-bond donors (Lipinski definition) is 1. The van der Waals surface area contributed by atoms with Gasteiger partial charge in [-0.2, -0.15) is 16.4 Å². The third-order valence-electron chi connectivity index (χ3n) is 4.88. The Hall–Kier alpha value is -2.38. The Morgan fingerprint density at radius 2 is 2.31 bits per heavy atom. The van der Waals surface area contributed by atoms with Crippen molar-refractivity contribution >= 4 is 17.2 Å². The summed E-state index contributed by atoms with van der Waals surface area (Å²) in [5.74, 6) is -0.0240. The van der Waals surface area contributed by atoms with Gasteiger partial charge in [-0.15, -0.1) is 0 Å². The Bertz CT molecular complexity index is 866. The highest BCUT2D eigenvalue weighted by Gasteiger charge is 2.25. The molecule has 0 aromatic carbocycles. The third kappa shape index (κ3) is 3.59. The van der Waals surface area contributed by atoms with Crippen molar-refractivity contribution in [1.29, 1.82) is 0 Å². The van der Waals surface area contributed by atoms with Crippen LogP contribution in [0, 0.1) is 0 Å². The van der Waals surface area contributed by atoms with E-state index in [-0.39, 0.29) is 11.9 Å². The zero-order chi connectivity index (χ0) is 17.9. The maximum absolute atomic E-state index is 12.3. The summed E-state index contributed by atoms with van der Waals surface area (Å²) in [5.41, 5.74) is 3.29. The second kappa shape index (κ2) is 7.47. The fourth-order valence-electron chi connectivity index (χ4n) is 3.58. The molecule has 0 bridgehead atoms. The van der Waals surface area contributed by atoms with Crippen LogP contribution in [0.15, 0.2) is 47.4 Å². The number of carbonyl (C=O) groups excluding carboxylic acids is 1. The largest absolute Gasteiger partial charge is 0.351 e. The van der Waals surface area contributed by atoms with Gasteiger partial charge in [-0.25, -0.2) is 0 Å². The number of nitrogens with zero attached hydrogens (tertiary/aromatic N) is 4. The van der Waals surface area contributed by atoms with E-state index in [4.69, 9.17) is 0 Å². The molecule has 1 N–H and O–H groups in total. The normalized spacial score (nSPS) is 17.2. The molecule has 0 aliphatic carbocycles. The minimum atomic E-state index is -0.0240. The molecule has 0 fully saturated rings. The van der Waals surface area contributed by atoms with Crippen molar-refractivity contribution in [3.63, 3.8) is 0 Å². The van der Waals surface area contributed by atoms with Crippen LogP contribution in [0.5, 0.6) is 0 Å². The first kappa shape index (κ1) is 17.1. The maximum Gasteiger partial charge on any atom is 0.267 e. The molecule has 0 radical (unpaired) electrons. The topological polar surface area (TPSA) is 55.1 Å². The number of carbonyl (C=O) groups is 1. The summed E-state index contributed by atoms with van der Waals surface area (Å²) >= 11 is 1.74. The van der Waals surface area contributed by atoms with Gasteiger partial charge in [0, 0.05) is 45.6 Å². The summed E-state index contributed by atoms with van der Waals surface area (Å²) in [6, 6.07) is 8.28. The van der Waals surface area contributed by atoms with E-state index < -0.39 is 0 Å². The van der Waals surface area contributed by atoms with Gasteiger partial charge in [-0.1, -0.05) is 0 Å². The summed E-state index contributed by atoms with van der Waals surface area (Å²) in [4.78, 5) is 14.7. The zero-order valence-electron chi connectivity index (χ0n) is 14.8. The van der Waals surface area contributed by atoms with E-state index in [1.807, 2.05) is 36.1 Å². The number of rotatable bonds is 6. The quantitative estimate of drug-likeness (QED) is 0.727. The van der Waals surface area contributed by atoms with Gasteiger partial charge >= 0.3 is 0 Å². The molecule has 136 valence electrons. The van der Waals surface area contributed by atoms with Crippen LogP contribution in [-0.4, -0.2) is 38.2 Å². The van der Waals surface area contributed by atoms with E-state index in [9.17, 15) is 4.79 Å². The van der Waals surface area contributed by atoms with Crippen molar-refractivity contribution in [2.75, 3.05) is 13.1 Å². The second-order valence-corrected chi connectivity index (χ2v) is 7.55. The second-order valence-electron chi connectivity index (χ2n) is 6.77. The highest BCUT2D eigenvalue weighted by molar-refractivity contribution is 7.07. The van der Waals surface area contributed by atoms with E-state index in [2.05, 4.69) is 42.9 Å². The molecule has 3 aromatic heterocycles. The first-order valence-electron chi connectivity index (χ1n) is 8.86. The molecule has 26 heavy (non-hydrogen) atoms. The molecule has 1 amide bonds. The van der Waals surface area contributed by atoms with Crippen molar-refractivity contribution in [2.45, 2.75) is 25.6 Å². The van der Waals surface area contributed by atoms with Gasteiger partial charge in [0.2, 0.25) is 0 Å². The first-order valence-corrected chi connectivity index (χ1v) is 9.80. The zero-order valence-corrected chi connectivity index (χ0v) is 15.7. The van der Waals surface area contributed by atoms with Crippen LogP contribution in [0.1, 0.15) is 34.2 Å². The number of thiophene rings is 1. The Morgan fingerprint density at radius 1 is 1.38 bits per heavy atom. The molecule has 7 heteroatoms. The van der Waals surface area contributed by atoms with E-state index in [0.29, 0.717) is 12.2 Å². The van der Waals surface area contributed by atoms with Crippen LogP contribution in [0.3, 0.4) is 0 Å². The number of aryl methyl sites for hydroxylation is 1. The smallest absolute Gasteiger partial charge is 0.267 e. The average molecular weight is 369 g/mol. The Morgan fingerprint density at radius 3 is 3.08 bits per heavy atom. The summed E-state index contributed by atoms with van der Waals surface area (Å²) in [5, 5.41) is 11.9. The summed E-state index contributed by atoms with van der Waals surface area (Å²) in [7, 11) is 1.88. The number of fused-ring (bicyclic) bond motifs is 1. The molecule has 1 aliphatic heterocycles. The van der Waals surface area contributed by atoms with Crippen LogP contribution >= 0.6 is 11.3 Å². The lowest BCUT2D eigenvalue weighted by molar-refractivity contribution is 0.0939. The molecule has 1 aliphatic rings. The van der Waals surface area contributed by atoms with Gasteiger partial charge in [-0.3, -0.25) is 14.4 Å². The van der Waals surface area contributed by atoms with Crippen molar-refractivity contribution in [2.24, 2.45) is 7.05 Å². The van der Waals surface area contributed by atoms with E-state index >= 15 is 0 Å². The fraction of sp³-hybridized carbons (Fsp3) is 0.368. The predicted molar refractivity (Wildman–Crippen MR) is 102 cm³/mol. The first-order chi connectivity index (χ1) is 12.7. The lowest BCUT2D eigenvalue weighted by atomic mass is 10.1. The van der Waals surface area contributed by atoms with Gasteiger partial charge < -0.3 is 9.88 Å². The highest BCUT2D eigenvalue weighted by atomic mass is 32.1. The van der Waals surface area contributed by atoms with Crippen LogP contribution in [0.2, 0.25) is 0 Å². The minimum absolute atomic E-state index is 0.0240. The molecule has 4 heterocycles. The van der Waals surface area contributed by atoms with Crippen LogP contribution in [0.4, 0.5) is 0 Å². The summed E-state index contributed by atoms with van der Waals surface area (Å²) < 4.78 is 3.96. The lowest BCUT2D eigenvalue weighted by Gasteiger charge is -2.33. The average Bonchev–Trinajstić information content (AvgIpc) is 3.36. The number of amides is 1. The molecular formula is C19H23N5OS. The minimum Gasteiger partial charge on any atom is -0.351 e. The summed E-state index contributed by atoms with van der Waals surface area (Å²) in [6.45, 7) is 3.47. The van der Waals surface area contributed by atoms with Crippen LogP contribution < -0.4 is 5.32 Å². The molecule has 1 atom stereocenters. The molecule has 0 spiro atoms. The Labute approximate surface area is 157 Å². The van der Waals surface area contributed by atoms with Crippen molar-refractivity contribution < 1.29 is 4.79 Å². The predicted octanol–water partition coefficient (Wildman–Crippen LogP) is 2.66. The Balaban J connectivity index is 1.37. The molecule has 0 saturated carbocycles. The van der Waals surface area contributed by atoms with Crippen LogP contribution in [-0.2, 0) is 20.1 Å². The summed E-state index contributed by atoms with van der Waals surface area (Å²) in [6.07, 6.45) is 4.62. The molecule has 4 rings (SSSR count). The van der Waals surface area contributed by atoms with Gasteiger partial charge in [0.1, 0.15) is 5.69 Å². The third-order valence-corrected chi connectivity index (χ3v) is 5.61. The standard InChI is InChI=1S/C19H23N5OS/c1-22-9-2-3-18(22)19(25)20-7-4-16-12-23(11-15-6-10-26-14-15)13-17-5-8-21-24(16)17/h2-3,5-6,8-10,14,16H,4,7,11-13H2,1H3,(H,20,25)/t16-/m0/s1. The van der Waals surface area contributed by atoms with Crippen molar-refractivity contribution in [1.82, 2.24) is 24.6 Å². The van der Waals surface area contributed by atoms with Gasteiger partial charge in [0.15, 0.2) is 0 Å². The van der Waals surface area contributed by atoms with E-state index in [1.54, 1.807) is 11.3 Å². The highest BCUT2D eigenvalue weighted by Crippen LogP contribution is 2.24. The molecule has 3 aromatic rings. The monoisotopic (exact) mass is 369 g/mol. The van der Waals surface area contributed by atoms with Crippen LogP contribution in [0.25, 0.3) is 0 Å². The SMILES string of the molecule is Cn1cccc1C(=O)NCC[C@H]1CN(Cc2ccsc2)Cc2ccnn21. The number of nitrogens with one attached hydrogen (secondary N) is 1. The molecule has 0 unspecified atom stereocenters. The number of aromatic nitrogens is 3. The van der Waals surface area contributed by atoms with E-state index in [1.165, 1.54) is 11.3 Å². The molecule has 6 nitrogen and oxygen atoms in total. The van der Waals surface area contributed by atoms with Crippen molar-refractivity contribution in [3.05, 3.63) is 64.4 Å².